The lowest BCUT2D eigenvalue weighted by atomic mass is 10.2. The highest BCUT2D eigenvalue weighted by Crippen LogP contribution is 2.21. The molecule has 0 aliphatic rings. The molecule has 1 nitrogen and oxygen atoms in total. The van der Waals surface area contributed by atoms with Crippen molar-refractivity contribution in [2.45, 2.75) is 12.7 Å². The average Bonchev–Trinajstić information content (AvgIpc) is 2.20. The van der Waals surface area contributed by atoms with Crippen LogP contribution in [-0.4, -0.2) is 17.5 Å². The van der Waals surface area contributed by atoms with Gasteiger partial charge in [0.25, 0.3) is 0 Å². The van der Waals surface area contributed by atoms with Gasteiger partial charge in [-0.1, -0.05) is 36.7 Å². The van der Waals surface area contributed by atoms with Gasteiger partial charge in [0.1, 0.15) is 0 Å². The molecular formula is C11H15ClOS. The third-order valence-electron chi connectivity index (χ3n) is 1.93. The highest BCUT2D eigenvalue weighted by Gasteiger charge is 2.02. The van der Waals surface area contributed by atoms with Gasteiger partial charge >= 0.3 is 0 Å². The van der Waals surface area contributed by atoms with Crippen LogP contribution < -0.4 is 0 Å². The van der Waals surface area contributed by atoms with E-state index in [0.717, 1.165) is 16.5 Å². The molecule has 0 heterocycles. The van der Waals surface area contributed by atoms with Gasteiger partial charge in [0, 0.05) is 17.4 Å². The fourth-order valence-electron chi connectivity index (χ4n) is 1.04. The van der Waals surface area contributed by atoms with Gasteiger partial charge in [0.05, 0.1) is 0 Å². The molecule has 78 valence electrons. The molecule has 0 aromatic heterocycles. The Hall–Kier alpha value is -0.180. The molecule has 1 rings (SSSR count). The summed E-state index contributed by atoms with van der Waals surface area (Å²) in [6.45, 7) is 2.30. The minimum Gasteiger partial charge on any atom is -0.396 e. The van der Waals surface area contributed by atoms with E-state index in [9.17, 15) is 0 Å². The lowest BCUT2D eigenvalue weighted by Gasteiger charge is -2.07. The highest BCUT2D eigenvalue weighted by molar-refractivity contribution is 7.98. The Labute approximate surface area is 94.5 Å². The van der Waals surface area contributed by atoms with Crippen LogP contribution in [0.5, 0.6) is 0 Å². The van der Waals surface area contributed by atoms with Crippen molar-refractivity contribution in [2.24, 2.45) is 5.92 Å². The molecule has 1 unspecified atom stereocenters. The van der Waals surface area contributed by atoms with Gasteiger partial charge in [-0.25, -0.2) is 0 Å². The Bertz CT molecular complexity index is 278. The van der Waals surface area contributed by atoms with Crippen LogP contribution in [0.25, 0.3) is 0 Å². The number of aliphatic hydroxyl groups excluding tert-OH is 1. The second kappa shape index (κ2) is 6.33. The van der Waals surface area contributed by atoms with E-state index in [1.54, 1.807) is 0 Å². The van der Waals surface area contributed by atoms with Gasteiger partial charge in [-0.05, 0) is 23.3 Å². The standard InChI is InChI=1S/C11H15ClOS/c1-9(6-13)7-14-8-10-4-2-3-5-11(10)12/h2-5,9,13H,6-8H2,1H3. The largest absolute Gasteiger partial charge is 0.396 e. The Balaban J connectivity index is 2.35. The quantitative estimate of drug-likeness (QED) is 0.839. The highest BCUT2D eigenvalue weighted by atomic mass is 35.5. The fraction of sp³-hybridized carbons (Fsp3) is 0.455. The van der Waals surface area contributed by atoms with Crippen molar-refractivity contribution < 1.29 is 5.11 Å². The molecule has 3 heteroatoms. The Morgan fingerprint density at radius 1 is 1.43 bits per heavy atom. The smallest absolute Gasteiger partial charge is 0.0464 e. The van der Waals surface area contributed by atoms with Crippen molar-refractivity contribution in [1.29, 1.82) is 0 Å². The first-order chi connectivity index (χ1) is 6.74. The number of aliphatic hydroxyl groups is 1. The van der Waals surface area contributed by atoms with E-state index in [0.29, 0.717) is 5.92 Å². The lowest BCUT2D eigenvalue weighted by Crippen LogP contribution is -2.03. The summed E-state index contributed by atoms with van der Waals surface area (Å²) in [6.07, 6.45) is 0. The van der Waals surface area contributed by atoms with Crippen LogP contribution >= 0.6 is 23.4 Å². The normalized spacial score (nSPS) is 12.8. The second-order valence-electron chi connectivity index (χ2n) is 3.39. The van der Waals surface area contributed by atoms with Crippen molar-refractivity contribution in [1.82, 2.24) is 0 Å². The lowest BCUT2D eigenvalue weighted by molar-refractivity contribution is 0.250. The van der Waals surface area contributed by atoms with Crippen molar-refractivity contribution in [3.8, 4) is 0 Å². The van der Waals surface area contributed by atoms with E-state index in [1.165, 1.54) is 5.56 Å². The molecule has 0 aliphatic heterocycles. The topological polar surface area (TPSA) is 20.2 Å². The van der Waals surface area contributed by atoms with Gasteiger partial charge in [0.15, 0.2) is 0 Å². The van der Waals surface area contributed by atoms with Crippen LogP contribution in [0.2, 0.25) is 5.02 Å². The molecule has 1 atom stereocenters. The summed E-state index contributed by atoms with van der Waals surface area (Å²) in [5.74, 6) is 2.26. The minimum absolute atomic E-state index is 0.259. The summed E-state index contributed by atoms with van der Waals surface area (Å²) < 4.78 is 0. The molecule has 1 aromatic carbocycles. The van der Waals surface area contributed by atoms with E-state index < -0.39 is 0 Å². The Kier molecular flexibility index (Phi) is 5.38. The number of rotatable bonds is 5. The zero-order chi connectivity index (χ0) is 10.4. The number of benzene rings is 1. The van der Waals surface area contributed by atoms with E-state index >= 15 is 0 Å². The molecule has 0 spiro atoms. The van der Waals surface area contributed by atoms with Crippen LogP contribution in [0.4, 0.5) is 0 Å². The zero-order valence-corrected chi connectivity index (χ0v) is 9.81. The van der Waals surface area contributed by atoms with Crippen molar-refractivity contribution >= 4 is 23.4 Å². The average molecular weight is 231 g/mol. The molecule has 1 N–H and O–H groups in total. The molecule has 0 saturated heterocycles. The summed E-state index contributed by atoms with van der Waals surface area (Å²) in [6, 6.07) is 7.88. The van der Waals surface area contributed by atoms with Gasteiger partial charge in [-0.2, -0.15) is 11.8 Å². The van der Waals surface area contributed by atoms with Crippen molar-refractivity contribution in [3.05, 3.63) is 34.9 Å². The molecule has 0 amide bonds. The predicted molar refractivity (Wildman–Crippen MR) is 63.9 cm³/mol. The number of thioether (sulfide) groups is 1. The first-order valence-electron chi connectivity index (χ1n) is 4.66. The summed E-state index contributed by atoms with van der Waals surface area (Å²) >= 11 is 7.82. The van der Waals surface area contributed by atoms with Crippen LogP contribution in [-0.2, 0) is 5.75 Å². The maximum atomic E-state index is 8.85. The van der Waals surface area contributed by atoms with Gasteiger partial charge in [-0.3, -0.25) is 0 Å². The molecule has 0 aliphatic carbocycles. The fourth-order valence-corrected chi connectivity index (χ4v) is 2.42. The predicted octanol–water partition coefficient (Wildman–Crippen LogP) is 3.20. The number of hydrogen-bond donors (Lipinski definition) is 1. The van der Waals surface area contributed by atoms with Crippen molar-refractivity contribution in [2.75, 3.05) is 12.4 Å². The van der Waals surface area contributed by atoms with Gasteiger partial charge in [-0.15, -0.1) is 0 Å². The number of halogens is 1. The third kappa shape index (κ3) is 3.91. The van der Waals surface area contributed by atoms with Gasteiger partial charge < -0.3 is 5.11 Å². The zero-order valence-electron chi connectivity index (χ0n) is 8.24. The van der Waals surface area contributed by atoms with E-state index in [1.807, 2.05) is 43.0 Å². The molecule has 0 fully saturated rings. The summed E-state index contributed by atoms with van der Waals surface area (Å²) in [5.41, 5.74) is 1.17. The molecular weight excluding hydrogens is 216 g/mol. The van der Waals surface area contributed by atoms with E-state index in [4.69, 9.17) is 16.7 Å². The van der Waals surface area contributed by atoms with Crippen LogP contribution in [0.3, 0.4) is 0 Å². The monoisotopic (exact) mass is 230 g/mol. The second-order valence-corrected chi connectivity index (χ2v) is 4.83. The summed E-state index contributed by atoms with van der Waals surface area (Å²) in [4.78, 5) is 0. The first-order valence-corrected chi connectivity index (χ1v) is 6.19. The van der Waals surface area contributed by atoms with Gasteiger partial charge in [0.2, 0.25) is 0 Å². The van der Waals surface area contributed by atoms with Crippen LogP contribution in [0.1, 0.15) is 12.5 Å². The molecule has 1 aromatic rings. The molecule has 0 radical (unpaired) electrons. The van der Waals surface area contributed by atoms with E-state index in [2.05, 4.69) is 0 Å². The number of hydrogen-bond acceptors (Lipinski definition) is 2. The Morgan fingerprint density at radius 3 is 2.79 bits per heavy atom. The molecule has 0 bridgehead atoms. The third-order valence-corrected chi connectivity index (χ3v) is 3.62. The van der Waals surface area contributed by atoms with Crippen LogP contribution in [0.15, 0.2) is 24.3 Å². The van der Waals surface area contributed by atoms with Crippen LogP contribution in [0, 0.1) is 5.92 Å². The summed E-state index contributed by atoms with van der Waals surface area (Å²) in [5, 5.41) is 9.68. The summed E-state index contributed by atoms with van der Waals surface area (Å²) in [7, 11) is 0. The molecule has 0 saturated carbocycles. The maximum absolute atomic E-state index is 8.85. The first kappa shape index (κ1) is 11.9. The maximum Gasteiger partial charge on any atom is 0.0464 e. The molecule has 14 heavy (non-hydrogen) atoms. The van der Waals surface area contributed by atoms with Crippen molar-refractivity contribution in [3.63, 3.8) is 0 Å². The Morgan fingerprint density at radius 2 is 2.14 bits per heavy atom. The minimum atomic E-state index is 0.259. The SMILES string of the molecule is CC(CO)CSCc1ccccc1Cl. The van der Waals surface area contributed by atoms with E-state index in [-0.39, 0.29) is 6.61 Å².